The number of nitrogens with zero attached hydrogens (tertiary/aromatic N) is 1. The highest BCUT2D eigenvalue weighted by molar-refractivity contribution is 8.16. The summed E-state index contributed by atoms with van der Waals surface area (Å²) in [7, 11) is 0. The Morgan fingerprint density at radius 1 is 1.06 bits per heavy atom. The molecule has 0 unspecified atom stereocenters. The van der Waals surface area contributed by atoms with Gasteiger partial charge in [0.05, 0.1) is 9.61 Å². The number of thioether (sulfide) groups is 2. The molecular formula is C14H15NOS2. The van der Waals surface area contributed by atoms with Crippen LogP contribution in [0.5, 0.6) is 0 Å². The van der Waals surface area contributed by atoms with Crippen molar-refractivity contribution in [3.05, 3.63) is 60.3 Å². The van der Waals surface area contributed by atoms with E-state index in [0.29, 0.717) is 0 Å². The Labute approximate surface area is 116 Å². The molecule has 0 bridgehead atoms. The van der Waals surface area contributed by atoms with Crippen LogP contribution in [0.3, 0.4) is 0 Å². The molecule has 0 saturated heterocycles. The van der Waals surface area contributed by atoms with Crippen LogP contribution < -0.4 is 0 Å². The van der Waals surface area contributed by atoms with Gasteiger partial charge in [-0.2, -0.15) is 0 Å². The summed E-state index contributed by atoms with van der Waals surface area (Å²) in [6.07, 6.45) is 3.29. The van der Waals surface area contributed by atoms with Crippen LogP contribution >= 0.6 is 23.5 Å². The van der Waals surface area contributed by atoms with Gasteiger partial charge in [0, 0.05) is 6.20 Å². The highest BCUT2D eigenvalue weighted by Gasteiger charge is 2.21. The quantitative estimate of drug-likeness (QED) is 0.669. The van der Waals surface area contributed by atoms with E-state index in [1.807, 2.05) is 54.8 Å². The topological polar surface area (TPSA) is 33.1 Å². The first-order valence-corrected chi connectivity index (χ1v) is 7.81. The van der Waals surface area contributed by atoms with Crippen LogP contribution in [0.4, 0.5) is 0 Å². The molecule has 0 spiro atoms. The third kappa shape index (κ3) is 3.51. The summed E-state index contributed by atoms with van der Waals surface area (Å²) < 4.78 is 0.0438. The van der Waals surface area contributed by atoms with Crippen molar-refractivity contribution in [3.8, 4) is 0 Å². The van der Waals surface area contributed by atoms with Crippen LogP contribution in [0, 0.1) is 0 Å². The first kappa shape index (κ1) is 13.5. The Hall–Kier alpha value is -0.970. The molecule has 0 aliphatic carbocycles. The average molecular weight is 277 g/mol. The van der Waals surface area contributed by atoms with E-state index in [4.69, 9.17) is 0 Å². The van der Waals surface area contributed by atoms with Gasteiger partial charge in [0.2, 0.25) is 0 Å². The smallest absolute Gasteiger partial charge is 0.100 e. The zero-order valence-corrected chi connectivity index (χ0v) is 11.7. The Balaban J connectivity index is 2.09. The van der Waals surface area contributed by atoms with E-state index in [9.17, 15) is 5.11 Å². The molecule has 2 nitrogen and oxygen atoms in total. The Morgan fingerprint density at radius 2 is 1.78 bits per heavy atom. The molecule has 2 rings (SSSR count). The number of aliphatic hydroxyl groups excluding tert-OH is 1. The Kier molecular flexibility index (Phi) is 5.11. The van der Waals surface area contributed by atoms with Gasteiger partial charge in [0.25, 0.3) is 0 Å². The molecule has 2 atom stereocenters. The molecule has 18 heavy (non-hydrogen) atoms. The molecule has 0 aliphatic rings. The number of hydrogen-bond acceptors (Lipinski definition) is 4. The van der Waals surface area contributed by atoms with E-state index in [1.165, 1.54) is 0 Å². The van der Waals surface area contributed by atoms with Crippen molar-refractivity contribution < 1.29 is 5.11 Å². The van der Waals surface area contributed by atoms with Gasteiger partial charge in [-0.3, -0.25) is 0 Å². The number of hydrogen-bond donors (Lipinski definition) is 1. The molecule has 0 saturated carbocycles. The van der Waals surface area contributed by atoms with E-state index < -0.39 is 6.10 Å². The highest BCUT2D eigenvalue weighted by atomic mass is 32.2. The number of rotatable bonds is 5. The van der Waals surface area contributed by atoms with Crippen molar-refractivity contribution in [1.29, 1.82) is 0 Å². The normalized spacial score (nSPS) is 14.1. The van der Waals surface area contributed by atoms with Gasteiger partial charge in [0.15, 0.2) is 0 Å². The fraction of sp³-hybridized carbons (Fsp3) is 0.214. The first-order chi connectivity index (χ1) is 8.81. The first-order valence-electron chi connectivity index (χ1n) is 5.65. The Bertz CT molecular complexity index is 464. The highest BCUT2D eigenvalue weighted by Crippen LogP contribution is 2.37. The second-order valence-corrected chi connectivity index (χ2v) is 6.18. The molecule has 94 valence electrons. The summed E-state index contributed by atoms with van der Waals surface area (Å²) in [5.74, 6) is 0. The van der Waals surface area contributed by atoms with E-state index in [0.717, 1.165) is 10.6 Å². The minimum atomic E-state index is -0.492. The molecule has 1 aromatic heterocycles. The van der Waals surface area contributed by atoms with E-state index in [-0.39, 0.29) is 4.58 Å². The summed E-state index contributed by atoms with van der Waals surface area (Å²) in [5, 5.41) is 11.3. The van der Waals surface area contributed by atoms with Crippen molar-refractivity contribution in [2.45, 2.75) is 15.7 Å². The lowest BCUT2D eigenvalue weighted by atomic mass is 10.1. The van der Waals surface area contributed by atoms with Crippen LogP contribution in [0.15, 0.2) is 59.8 Å². The summed E-state index contributed by atoms with van der Waals surface area (Å²) >= 11 is 3.23. The van der Waals surface area contributed by atoms with Crippen LogP contribution in [-0.2, 0) is 0 Å². The Morgan fingerprint density at radius 3 is 2.39 bits per heavy atom. The lowest BCUT2D eigenvalue weighted by Crippen LogP contribution is -2.11. The van der Waals surface area contributed by atoms with Gasteiger partial charge >= 0.3 is 0 Å². The molecule has 1 N–H and O–H groups in total. The lowest BCUT2D eigenvalue weighted by Gasteiger charge is -2.20. The second-order valence-electron chi connectivity index (χ2n) is 3.75. The maximum Gasteiger partial charge on any atom is 0.100 e. The van der Waals surface area contributed by atoms with Gasteiger partial charge in [0.1, 0.15) is 6.10 Å². The molecule has 0 amide bonds. The third-order valence-electron chi connectivity index (χ3n) is 2.51. The fourth-order valence-corrected chi connectivity index (χ4v) is 3.48. The van der Waals surface area contributed by atoms with Crippen molar-refractivity contribution in [3.63, 3.8) is 0 Å². The molecule has 2 aromatic rings. The average Bonchev–Trinajstić information content (AvgIpc) is 2.46. The molecule has 0 aliphatic heterocycles. The van der Waals surface area contributed by atoms with Crippen molar-refractivity contribution >= 4 is 23.5 Å². The van der Waals surface area contributed by atoms with Crippen LogP contribution in [-0.4, -0.2) is 20.9 Å². The minimum absolute atomic E-state index is 0.0438. The molecule has 4 heteroatoms. The fourth-order valence-electron chi connectivity index (χ4n) is 1.58. The van der Waals surface area contributed by atoms with E-state index in [1.54, 1.807) is 29.7 Å². The summed E-state index contributed by atoms with van der Waals surface area (Å²) in [5.41, 5.74) is 0.945. The predicted octanol–water partition coefficient (Wildman–Crippen LogP) is 3.60. The minimum Gasteiger partial charge on any atom is -0.386 e. The second kappa shape index (κ2) is 6.83. The van der Waals surface area contributed by atoms with Crippen LogP contribution in [0.1, 0.15) is 11.7 Å². The third-order valence-corrected chi connectivity index (χ3v) is 5.07. The van der Waals surface area contributed by atoms with Crippen LogP contribution in [0.25, 0.3) is 0 Å². The SMILES string of the molecule is CS[C@@H](Sc1ccccn1)[C@H](O)c1ccccc1. The van der Waals surface area contributed by atoms with E-state index in [2.05, 4.69) is 4.98 Å². The van der Waals surface area contributed by atoms with Crippen molar-refractivity contribution in [2.24, 2.45) is 0 Å². The van der Waals surface area contributed by atoms with Crippen LogP contribution in [0.2, 0.25) is 0 Å². The van der Waals surface area contributed by atoms with Gasteiger partial charge < -0.3 is 5.11 Å². The van der Waals surface area contributed by atoms with Gasteiger partial charge in [-0.25, -0.2) is 4.98 Å². The standard InChI is InChI=1S/C14H15NOS2/c1-17-14(18-12-9-5-6-10-15-12)13(16)11-7-3-2-4-8-11/h2-10,13-14,16H,1H3/t13-,14+/m1/s1. The van der Waals surface area contributed by atoms with Gasteiger partial charge in [-0.05, 0) is 24.0 Å². The van der Waals surface area contributed by atoms with E-state index >= 15 is 0 Å². The van der Waals surface area contributed by atoms with Gasteiger partial charge in [-0.15, -0.1) is 11.8 Å². The van der Waals surface area contributed by atoms with Crippen molar-refractivity contribution in [1.82, 2.24) is 4.98 Å². The molecule has 1 aromatic carbocycles. The molecular weight excluding hydrogens is 262 g/mol. The monoisotopic (exact) mass is 277 g/mol. The maximum absolute atomic E-state index is 10.4. The molecule has 0 radical (unpaired) electrons. The molecule has 0 fully saturated rings. The lowest BCUT2D eigenvalue weighted by molar-refractivity contribution is 0.196. The zero-order chi connectivity index (χ0) is 12.8. The summed E-state index contributed by atoms with van der Waals surface area (Å²) in [6, 6.07) is 15.6. The number of pyridine rings is 1. The number of aromatic nitrogens is 1. The molecule has 1 heterocycles. The maximum atomic E-state index is 10.4. The number of benzene rings is 1. The largest absolute Gasteiger partial charge is 0.386 e. The summed E-state index contributed by atoms with van der Waals surface area (Å²) in [4.78, 5) is 4.28. The van der Waals surface area contributed by atoms with Gasteiger partial charge in [-0.1, -0.05) is 48.2 Å². The van der Waals surface area contributed by atoms with Crippen molar-refractivity contribution in [2.75, 3.05) is 6.26 Å². The summed E-state index contributed by atoms with van der Waals surface area (Å²) in [6.45, 7) is 0. The zero-order valence-electron chi connectivity index (χ0n) is 10.1. The number of aliphatic hydroxyl groups is 1. The predicted molar refractivity (Wildman–Crippen MR) is 78.8 cm³/mol.